The molecule has 80 valence electrons. The Kier molecular flexibility index (Phi) is 5.35. The number of nitrogens with two attached hydrogens (primary N) is 1. The summed E-state index contributed by atoms with van der Waals surface area (Å²) in [5.74, 6) is 0.621. The van der Waals surface area contributed by atoms with Crippen LogP contribution in [0, 0.1) is 0 Å². The molecule has 4 heteroatoms. The minimum absolute atomic E-state index is 0. The number of methoxy groups -OCH3 is 1. The number of phenolic OH excluding ortho intramolecular Hbond substituents is 1. The number of benzene rings is 1. The van der Waals surface area contributed by atoms with E-state index in [-0.39, 0.29) is 24.2 Å². The molecule has 0 aromatic heterocycles. The van der Waals surface area contributed by atoms with Crippen LogP contribution < -0.4 is 10.5 Å². The monoisotopic (exact) mass is 217 g/mol. The van der Waals surface area contributed by atoms with E-state index in [1.807, 2.05) is 13.0 Å². The third-order valence-electron chi connectivity index (χ3n) is 2.07. The van der Waals surface area contributed by atoms with Crippen LogP contribution in [0.4, 0.5) is 0 Å². The highest BCUT2D eigenvalue weighted by Gasteiger charge is 2.06. The fraction of sp³-hybridized carbons (Fsp3) is 0.400. The van der Waals surface area contributed by atoms with E-state index in [0.717, 1.165) is 12.0 Å². The molecule has 0 unspecified atom stereocenters. The van der Waals surface area contributed by atoms with Gasteiger partial charge in [0.1, 0.15) is 0 Å². The highest BCUT2D eigenvalue weighted by Crippen LogP contribution is 2.28. The van der Waals surface area contributed by atoms with Gasteiger partial charge in [0.15, 0.2) is 11.5 Å². The van der Waals surface area contributed by atoms with Crippen LogP contribution in [-0.4, -0.2) is 12.2 Å². The minimum atomic E-state index is -0.0168. The third-order valence-corrected chi connectivity index (χ3v) is 2.07. The van der Waals surface area contributed by atoms with Crippen LogP contribution in [-0.2, 0) is 0 Å². The maximum absolute atomic E-state index is 9.46. The topological polar surface area (TPSA) is 55.5 Å². The van der Waals surface area contributed by atoms with Gasteiger partial charge < -0.3 is 15.6 Å². The molecule has 0 saturated heterocycles. The highest BCUT2D eigenvalue weighted by atomic mass is 35.5. The second kappa shape index (κ2) is 5.73. The fourth-order valence-corrected chi connectivity index (χ4v) is 1.17. The fourth-order valence-electron chi connectivity index (χ4n) is 1.17. The van der Waals surface area contributed by atoms with Crippen LogP contribution in [0.2, 0.25) is 0 Å². The molecular formula is C10H16ClNO2. The summed E-state index contributed by atoms with van der Waals surface area (Å²) in [6, 6.07) is 5.22. The van der Waals surface area contributed by atoms with Gasteiger partial charge in [0.2, 0.25) is 0 Å². The van der Waals surface area contributed by atoms with E-state index in [9.17, 15) is 5.11 Å². The first-order chi connectivity index (χ1) is 6.19. The molecule has 0 heterocycles. The predicted octanol–water partition coefficient (Wildman–Crippen LogP) is 2.23. The summed E-state index contributed by atoms with van der Waals surface area (Å²) < 4.78 is 4.92. The Hall–Kier alpha value is -0.930. The summed E-state index contributed by atoms with van der Waals surface area (Å²) in [6.07, 6.45) is 0.853. The molecule has 1 aromatic rings. The van der Waals surface area contributed by atoms with E-state index in [2.05, 4.69) is 0 Å². The molecule has 3 N–H and O–H groups in total. The van der Waals surface area contributed by atoms with Crippen molar-refractivity contribution >= 4 is 12.4 Å². The number of ether oxygens (including phenoxy) is 1. The maximum atomic E-state index is 9.46. The molecule has 0 bridgehead atoms. The molecule has 0 radical (unpaired) electrons. The van der Waals surface area contributed by atoms with Crippen molar-refractivity contribution in [1.29, 1.82) is 0 Å². The molecule has 0 spiro atoms. The molecule has 1 atom stereocenters. The van der Waals surface area contributed by atoms with Crippen molar-refractivity contribution in [1.82, 2.24) is 0 Å². The summed E-state index contributed by atoms with van der Waals surface area (Å²) in [6.45, 7) is 2.01. The van der Waals surface area contributed by atoms with Crippen molar-refractivity contribution in [2.45, 2.75) is 19.4 Å². The number of hydrogen-bond acceptors (Lipinski definition) is 3. The largest absolute Gasteiger partial charge is 0.504 e. The lowest BCUT2D eigenvalue weighted by atomic mass is 10.1. The van der Waals surface area contributed by atoms with Crippen molar-refractivity contribution in [2.24, 2.45) is 5.73 Å². The molecule has 0 aliphatic carbocycles. The van der Waals surface area contributed by atoms with Gasteiger partial charge in [-0.2, -0.15) is 0 Å². The molecule has 3 nitrogen and oxygen atoms in total. The van der Waals surface area contributed by atoms with E-state index in [1.165, 1.54) is 7.11 Å². The molecule has 1 rings (SSSR count). The maximum Gasteiger partial charge on any atom is 0.160 e. The molecule has 0 amide bonds. The molecule has 0 fully saturated rings. The normalized spacial score (nSPS) is 11.6. The summed E-state index contributed by atoms with van der Waals surface area (Å²) in [4.78, 5) is 0. The number of aromatic hydroxyl groups is 1. The van der Waals surface area contributed by atoms with Gasteiger partial charge in [-0.05, 0) is 24.1 Å². The first kappa shape index (κ1) is 13.1. The minimum Gasteiger partial charge on any atom is -0.504 e. The number of halogens is 1. The van der Waals surface area contributed by atoms with Gasteiger partial charge in [0.25, 0.3) is 0 Å². The summed E-state index contributed by atoms with van der Waals surface area (Å²) in [5, 5.41) is 9.46. The van der Waals surface area contributed by atoms with Crippen molar-refractivity contribution < 1.29 is 9.84 Å². The van der Waals surface area contributed by atoms with E-state index in [1.54, 1.807) is 12.1 Å². The Morgan fingerprint density at radius 3 is 2.57 bits per heavy atom. The summed E-state index contributed by atoms with van der Waals surface area (Å²) >= 11 is 0. The van der Waals surface area contributed by atoms with Crippen LogP contribution >= 0.6 is 12.4 Å². The third kappa shape index (κ3) is 2.79. The first-order valence-corrected chi connectivity index (χ1v) is 4.31. The molecule has 0 saturated carbocycles. The Labute approximate surface area is 90.3 Å². The van der Waals surface area contributed by atoms with Gasteiger partial charge in [-0.25, -0.2) is 0 Å². The Morgan fingerprint density at radius 2 is 2.14 bits per heavy atom. The lowest BCUT2D eigenvalue weighted by molar-refractivity contribution is 0.372. The Morgan fingerprint density at radius 1 is 1.50 bits per heavy atom. The smallest absolute Gasteiger partial charge is 0.160 e. The van der Waals surface area contributed by atoms with Crippen LogP contribution in [0.15, 0.2) is 18.2 Å². The molecule has 14 heavy (non-hydrogen) atoms. The van der Waals surface area contributed by atoms with Gasteiger partial charge in [0, 0.05) is 6.04 Å². The van der Waals surface area contributed by atoms with Gasteiger partial charge in [0.05, 0.1) is 7.11 Å². The van der Waals surface area contributed by atoms with Gasteiger partial charge in [-0.3, -0.25) is 0 Å². The number of phenols is 1. The average molecular weight is 218 g/mol. The van der Waals surface area contributed by atoms with Crippen molar-refractivity contribution in [2.75, 3.05) is 7.11 Å². The molecule has 0 aliphatic heterocycles. The lowest BCUT2D eigenvalue weighted by Crippen LogP contribution is -2.08. The zero-order chi connectivity index (χ0) is 9.84. The van der Waals surface area contributed by atoms with E-state index in [0.29, 0.717) is 5.75 Å². The van der Waals surface area contributed by atoms with E-state index < -0.39 is 0 Å². The molecule has 0 aliphatic rings. The van der Waals surface area contributed by atoms with Gasteiger partial charge in [-0.1, -0.05) is 13.0 Å². The Bertz CT molecular complexity index is 291. The lowest BCUT2D eigenvalue weighted by Gasteiger charge is -2.10. The average Bonchev–Trinajstić information content (AvgIpc) is 2.16. The van der Waals surface area contributed by atoms with Crippen molar-refractivity contribution in [3.8, 4) is 11.5 Å². The zero-order valence-electron chi connectivity index (χ0n) is 8.36. The Balaban J connectivity index is 0.00000169. The molecular weight excluding hydrogens is 202 g/mol. The van der Waals surface area contributed by atoms with Crippen molar-refractivity contribution in [3.63, 3.8) is 0 Å². The zero-order valence-corrected chi connectivity index (χ0v) is 9.17. The van der Waals surface area contributed by atoms with Gasteiger partial charge in [-0.15, -0.1) is 12.4 Å². The van der Waals surface area contributed by atoms with Gasteiger partial charge >= 0.3 is 0 Å². The first-order valence-electron chi connectivity index (χ1n) is 4.31. The standard InChI is InChI=1S/C10H15NO2.ClH/c1-3-8(11)7-4-5-10(13-2)9(12)6-7;/h4-6,8,12H,3,11H2,1-2H3;1H/t8-;/m1./s1. The number of hydrogen-bond donors (Lipinski definition) is 2. The second-order valence-corrected chi connectivity index (χ2v) is 2.95. The second-order valence-electron chi connectivity index (χ2n) is 2.95. The summed E-state index contributed by atoms with van der Waals surface area (Å²) in [7, 11) is 1.52. The number of rotatable bonds is 3. The van der Waals surface area contributed by atoms with Crippen LogP contribution in [0.1, 0.15) is 24.9 Å². The van der Waals surface area contributed by atoms with Crippen molar-refractivity contribution in [3.05, 3.63) is 23.8 Å². The predicted molar refractivity (Wildman–Crippen MR) is 59.1 cm³/mol. The SMILES string of the molecule is CC[C@@H](N)c1ccc(OC)c(O)c1.Cl. The van der Waals surface area contributed by atoms with Crippen LogP contribution in [0.3, 0.4) is 0 Å². The van der Waals surface area contributed by atoms with Crippen LogP contribution in [0.25, 0.3) is 0 Å². The quantitative estimate of drug-likeness (QED) is 0.817. The summed E-state index contributed by atoms with van der Waals surface area (Å²) in [5.41, 5.74) is 6.73. The highest BCUT2D eigenvalue weighted by molar-refractivity contribution is 5.85. The van der Waals surface area contributed by atoms with E-state index >= 15 is 0 Å². The van der Waals surface area contributed by atoms with Crippen LogP contribution in [0.5, 0.6) is 11.5 Å². The molecule has 1 aromatic carbocycles. The van der Waals surface area contributed by atoms with E-state index in [4.69, 9.17) is 10.5 Å².